The molecule has 0 bridgehead atoms. The smallest absolute Gasteiger partial charge is 0.502 e. The third kappa shape index (κ3) is 2.81. The van der Waals surface area contributed by atoms with E-state index in [1.54, 1.807) is 19.9 Å². The molecule has 0 heterocycles. The Morgan fingerprint density at radius 2 is 1.83 bits per heavy atom. The molecule has 0 aromatic rings. The van der Waals surface area contributed by atoms with Crippen molar-refractivity contribution in [3.8, 4) is 0 Å². The zero-order chi connectivity index (χ0) is 9.61. The molecular formula is C8H16O3Si. The van der Waals surface area contributed by atoms with Crippen LogP contribution in [0.5, 0.6) is 0 Å². The van der Waals surface area contributed by atoms with E-state index in [0.717, 1.165) is 5.76 Å². The fourth-order valence-electron chi connectivity index (χ4n) is 0.658. The lowest BCUT2D eigenvalue weighted by molar-refractivity contribution is 0.145. The Morgan fingerprint density at radius 1 is 1.33 bits per heavy atom. The van der Waals surface area contributed by atoms with Gasteiger partial charge in [0.1, 0.15) is 0 Å². The van der Waals surface area contributed by atoms with Gasteiger partial charge in [-0.1, -0.05) is 12.7 Å². The molecule has 0 saturated heterocycles. The van der Waals surface area contributed by atoms with Crippen LogP contribution in [0.25, 0.3) is 0 Å². The Hall–Kier alpha value is -0.583. The molecule has 0 aromatic heterocycles. The third-order valence-electron chi connectivity index (χ3n) is 1.53. The molecule has 12 heavy (non-hydrogen) atoms. The number of allylic oxidation sites excluding steroid dienone is 2. The quantitative estimate of drug-likeness (QED) is 0.487. The molecule has 0 unspecified atom stereocenters. The fourth-order valence-corrected chi connectivity index (χ4v) is 1.97. The molecule has 0 atom stereocenters. The van der Waals surface area contributed by atoms with Crippen LogP contribution in [-0.2, 0) is 13.3 Å². The van der Waals surface area contributed by atoms with Gasteiger partial charge in [0.05, 0.1) is 5.76 Å². The molecule has 0 aromatic carbocycles. The van der Waals surface area contributed by atoms with Gasteiger partial charge in [0.15, 0.2) is 0 Å². The Bertz CT molecular complexity index is 173. The van der Waals surface area contributed by atoms with Gasteiger partial charge < -0.3 is 13.3 Å². The predicted molar refractivity (Wildman–Crippen MR) is 50.5 cm³/mol. The highest BCUT2D eigenvalue weighted by molar-refractivity contribution is 6.66. The van der Waals surface area contributed by atoms with Crippen LogP contribution in [-0.4, -0.2) is 23.0 Å². The van der Waals surface area contributed by atoms with Crippen molar-refractivity contribution >= 4 is 8.80 Å². The Labute approximate surface area is 75.0 Å². The van der Waals surface area contributed by atoms with E-state index in [0.29, 0.717) is 0 Å². The van der Waals surface area contributed by atoms with Crippen molar-refractivity contribution in [3.05, 3.63) is 24.1 Å². The summed E-state index contributed by atoms with van der Waals surface area (Å²) in [7, 11) is 0.506. The van der Waals surface area contributed by atoms with Crippen LogP contribution < -0.4 is 0 Å². The van der Waals surface area contributed by atoms with Crippen LogP contribution in [0.2, 0.25) is 0 Å². The zero-order valence-electron chi connectivity index (χ0n) is 8.09. The van der Waals surface area contributed by atoms with Crippen LogP contribution in [0.1, 0.15) is 13.8 Å². The second-order valence-corrected chi connectivity index (χ2v) is 4.85. The monoisotopic (exact) mass is 188 g/mol. The highest BCUT2D eigenvalue weighted by Crippen LogP contribution is 2.12. The van der Waals surface area contributed by atoms with Gasteiger partial charge in [0.25, 0.3) is 0 Å². The van der Waals surface area contributed by atoms with Gasteiger partial charge in [-0.15, -0.1) is 0 Å². The van der Waals surface area contributed by atoms with Crippen LogP contribution >= 0.6 is 0 Å². The first-order chi connectivity index (χ1) is 5.64. The summed E-state index contributed by atoms with van der Waals surface area (Å²) in [4.78, 5) is 0. The standard InChI is InChI=1S/C8H16O3Si/c1-6-8(3)11-12(7-2,9-4)10-5/h6-7H,2H2,1,3-5H3. The van der Waals surface area contributed by atoms with Gasteiger partial charge in [-0.2, -0.15) is 0 Å². The van der Waals surface area contributed by atoms with Crippen molar-refractivity contribution < 1.29 is 13.3 Å². The highest BCUT2D eigenvalue weighted by Gasteiger charge is 2.37. The van der Waals surface area contributed by atoms with E-state index in [9.17, 15) is 0 Å². The molecule has 0 aliphatic rings. The summed E-state index contributed by atoms with van der Waals surface area (Å²) in [5, 5.41) is 0. The van der Waals surface area contributed by atoms with Crippen LogP contribution in [0.15, 0.2) is 24.1 Å². The molecule has 0 aliphatic heterocycles. The lowest BCUT2D eigenvalue weighted by Crippen LogP contribution is -2.41. The van der Waals surface area contributed by atoms with E-state index in [2.05, 4.69) is 6.58 Å². The molecule has 3 nitrogen and oxygen atoms in total. The number of rotatable bonds is 5. The summed E-state index contributed by atoms with van der Waals surface area (Å²) >= 11 is 0. The minimum Gasteiger partial charge on any atom is -0.502 e. The first-order valence-corrected chi connectivity index (χ1v) is 5.50. The summed E-state index contributed by atoms with van der Waals surface area (Å²) in [6.45, 7) is 7.36. The average molecular weight is 188 g/mol. The minimum atomic E-state index is -2.61. The van der Waals surface area contributed by atoms with Crippen molar-refractivity contribution in [3.63, 3.8) is 0 Å². The molecule has 0 amide bonds. The molecule has 0 N–H and O–H groups in total. The molecule has 0 saturated carbocycles. The van der Waals surface area contributed by atoms with E-state index in [4.69, 9.17) is 13.3 Å². The second-order valence-electron chi connectivity index (χ2n) is 2.22. The Kier molecular flexibility index (Phi) is 4.88. The van der Waals surface area contributed by atoms with Crippen molar-refractivity contribution in [1.29, 1.82) is 0 Å². The highest BCUT2D eigenvalue weighted by atomic mass is 28.4. The maximum atomic E-state index is 5.47. The lowest BCUT2D eigenvalue weighted by atomic mass is 10.5. The van der Waals surface area contributed by atoms with Crippen LogP contribution in [0.4, 0.5) is 0 Å². The number of hydrogen-bond donors (Lipinski definition) is 0. The van der Waals surface area contributed by atoms with Gasteiger partial charge in [-0.25, -0.2) is 0 Å². The van der Waals surface area contributed by atoms with Gasteiger partial charge in [-0.3, -0.25) is 0 Å². The first-order valence-electron chi connectivity index (χ1n) is 3.70. The van der Waals surface area contributed by atoms with E-state index in [-0.39, 0.29) is 0 Å². The molecule has 0 aliphatic carbocycles. The van der Waals surface area contributed by atoms with Crippen molar-refractivity contribution in [1.82, 2.24) is 0 Å². The van der Waals surface area contributed by atoms with Crippen molar-refractivity contribution in [2.45, 2.75) is 13.8 Å². The third-order valence-corrected chi connectivity index (χ3v) is 3.77. The normalized spacial score (nSPS) is 12.8. The maximum Gasteiger partial charge on any atom is 0.593 e. The molecule has 4 heteroatoms. The van der Waals surface area contributed by atoms with E-state index < -0.39 is 8.80 Å². The van der Waals surface area contributed by atoms with E-state index in [1.807, 2.05) is 19.9 Å². The van der Waals surface area contributed by atoms with E-state index >= 15 is 0 Å². The summed E-state index contributed by atoms with van der Waals surface area (Å²) in [5.74, 6) is 0.783. The van der Waals surface area contributed by atoms with Crippen molar-refractivity contribution in [2.24, 2.45) is 0 Å². The largest absolute Gasteiger partial charge is 0.593 e. The minimum absolute atomic E-state index is 0.783. The van der Waals surface area contributed by atoms with E-state index in [1.165, 1.54) is 0 Å². The van der Waals surface area contributed by atoms with Crippen molar-refractivity contribution in [2.75, 3.05) is 14.2 Å². The first kappa shape index (κ1) is 11.4. The lowest BCUT2D eigenvalue weighted by Gasteiger charge is -2.23. The second kappa shape index (κ2) is 5.13. The van der Waals surface area contributed by atoms with Crippen LogP contribution in [0, 0.1) is 0 Å². The average Bonchev–Trinajstić information content (AvgIpc) is 2.14. The molecule has 70 valence electrons. The van der Waals surface area contributed by atoms with Gasteiger partial charge in [-0.05, 0) is 19.5 Å². The zero-order valence-corrected chi connectivity index (χ0v) is 9.09. The fraction of sp³-hybridized carbons (Fsp3) is 0.500. The Balaban J connectivity index is 4.40. The number of hydrogen-bond acceptors (Lipinski definition) is 3. The Morgan fingerprint density at radius 3 is 2.08 bits per heavy atom. The van der Waals surface area contributed by atoms with Gasteiger partial charge >= 0.3 is 8.80 Å². The molecular weight excluding hydrogens is 172 g/mol. The SMILES string of the molecule is C=C[Si](OC)(OC)OC(C)=CC. The molecule has 0 rings (SSSR count). The molecule has 0 fully saturated rings. The predicted octanol–water partition coefficient (Wildman–Crippen LogP) is 1.88. The molecule has 0 radical (unpaired) electrons. The van der Waals surface area contributed by atoms with Gasteiger partial charge in [0, 0.05) is 14.2 Å². The topological polar surface area (TPSA) is 27.7 Å². The summed E-state index contributed by atoms with van der Waals surface area (Å²) in [5.41, 5.74) is 1.60. The van der Waals surface area contributed by atoms with Gasteiger partial charge in [0.2, 0.25) is 0 Å². The summed E-state index contributed by atoms with van der Waals surface area (Å²) < 4.78 is 15.8. The molecule has 0 spiro atoms. The summed E-state index contributed by atoms with van der Waals surface area (Å²) in [6.07, 6.45) is 1.85. The maximum absolute atomic E-state index is 5.47. The summed E-state index contributed by atoms with van der Waals surface area (Å²) in [6, 6.07) is 0. The van der Waals surface area contributed by atoms with Crippen LogP contribution in [0.3, 0.4) is 0 Å².